The van der Waals surface area contributed by atoms with Crippen molar-refractivity contribution in [3.05, 3.63) is 0 Å². The molecule has 0 radical (unpaired) electrons. The molecule has 1 aliphatic heterocycles. The summed E-state index contributed by atoms with van der Waals surface area (Å²) in [6.07, 6.45) is 1.00. The Balaban J connectivity index is 2.82. The van der Waals surface area contributed by atoms with Crippen LogP contribution in [0, 0.1) is 5.41 Å². The maximum Gasteiger partial charge on any atom is 0.410 e. The molecule has 0 aromatic rings. The van der Waals surface area contributed by atoms with E-state index in [2.05, 4.69) is 13.8 Å². The summed E-state index contributed by atoms with van der Waals surface area (Å²) in [7, 11) is 0. The molecule has 1 aliphatic rings. The summed E-state index contributed by atoms with van der Waals surface area (Å²) in [4.78, 5) is 13.9. The number of amides is 1. The Morgan fingerprint density at radius 3 is 2.44 bits per heavy atom. The van der Waals surface area contributed by atoms with Gasteiger partial charge in [-0.3, -0.25) is 0 Å². The molecule has 0 aromatic heterocycles. The quantitative estimate of drug-likeness (QED) is 0.786. The van der Waals surface area contributed by atoms with E-state index in [1.165, 1.54) is 0 Å². The molecule has 106 valence electrons. The first-order valence-corrected chi connectivity index (χ1v) is 6.69. The van der Waals surface area contributed by atoms with Gasteiger partial charge in [0.25, 0.3) is 0 Å². The van der Waals surface area contributed by atoms with Crippen LogP contribution in [-0.2, 0) is 4.74 Å². The van der Waals surface area contributed by atoms with Crippen molar-refractivity contribution in [3.63, 3.8) is 0 Å². The first-order chi connectivity index (χ1) is 8.02. The van der Waals surface area contributed by atoms with E-state index in [4.69, 9.17) is 4.74 Å². The number of nitrogens with zero attached hydrogens (tertiary/aromatic N) is 1. The topological polar surface area (TPSA) is 49.8 Å². The molecule has 1 amide bonds. The van der Waals surface area contributed by atoms with Crippen molar-refractivity contribution in [2.24, 2.45) is 5.41 Å². The molecule has 0 spiro atoms. The number of aliphatic hydroxyl groups excluding tert-OH is 1. The number of aliphatic hydroxyl groups is 1. The van der Waals surface area contributed by atoms with Crippen molar-refractivity contribution in [1.29, 1.82) is 0 Å². The molecule has 4 nitrogen and oxygen atoms in total. The summed E-state index contributed by atoms with van der Waals surface area (Å²) in [5.41, 5.74) is -0.412. The van der Waals surface area contributed by atoms with E-state index in [-0.39, 0.29) is 17.6 Å². The molecule has 4 heteroatoms. The van der Waals surface area contributed by atoms with E-state index in [9.17, 15) is 9.90 Å². The third kappa shape index (κ3) is 4.16. The fraction of sp³-hybridized carbons (Fsp3) is 0.929. The third-order valence-electron chi connectivity index (χ3n) is 3.30. The molecular formula is C14H27NO3. The number of hydrogen-bond donors (Lipinski definition) is 1. The second-order valence-corrected chi connectivity index (χ2v) is 7.12. The van der Waals surface area contributed by atoms with Gasteiger partial charge in [0.15, 0.2) is 0 Å². The first kappa shape index (κ1) is 15.3. The highest BCUT2D eigenvalue weighted by Crippen LogP contribution is 2.34. The van der Waals surface area contributed by atoms with Gasteiger partial charge in [-0.2, -0.15) is 0 Å². The molecule has 0 saturated carbocycles. The smallest absolute Gasteiger partial charge is 0.410 e. The Hall–Kier alpha value is -0.770. The lowest BCUT2D eigenvalue weighted by Crippen LogP contribution is -2.54. The molecule has 1 fully saturated rings. The fourth-order valence-electron chi connectivity index (χ4n) is 2.37. The third-order valence-corrected chi connectivity index (χ3v) is 3.30. The molecule has 2 atom stereocenters. The van der Waals surface area contributed by atoms with E-state index < -0.39 is 11.7 Å². The van der Waals surface area contributed by atoms with Gasteiger partial charge in [-0.15, -0.1) is 0 Å². The van der Waals surface area contributed by atoms with Gasteiger partial charge in [0.05, 0.1) is 12.1 Å². The van der Waals surface area contributed by atoms with Crippen LogP contribution in [0.5, 0.6) is 0 Å². The van der Waals surface area contributed by atoms with Gasteiger partial charge in [-0.05, 0) is 46.0 Å². The van der Waals surface area contributed by atoms with Crippen LogP contribution in [0.2, 0.25) is 0 Å². The molecule has 0 aliphatic carbocycles. The zero-order valence-electron chi connectivity index (χ0n) is 12.5. The minimum absolute atomic E-state index is 0.0856. The average Bonchev–Trinajstić information content (AvgIpc) is 2.12. The zero-order valence-corrected chi connectivity index (χ0v) is 12.5. The number of ether oxygens (including phenoxy) is 1. The Labute approximate surface area is 110 Å². The summed E-state index contributed by atoms with van der Waals surface area (Å²) < 4.78 is 5.43. The maximum absolute atomic E-state index is 12.2. The maximum atomic E-state index is 12.2. The van der Waals surface area contributed by atoms with Crippen molar-refractivity contribution in [2.45, 2.75) is 72.1 Å². The highest BCUT2D eigenvalue weighted by molar-refractivity contribution is 5.69. The van der Waals surface area contributed by atoms with E-state index in [0.29, 0.717) is 6.54 Å². The first-order valence-electron chi connectivity index (χ1n) is 6.69. The predicted octanol–water partition coefficient (Wildman–Crippen LogP) is 2.79. The van der Waals surface area contributed by atoms with E-state index in [1.807, 2.05) is 20.8 Å². The van der Waals surface area contributed by atoms with E-state index in [0.717, 1.165) is 12.8 Å². The summed E-state index contributed by atoms with van der Waals surface area (Å²) in [6.45, 7) is 12.2. The summed E-state index contributed by atoms with van der Waals surface area (Å²) >= 11 is 0. The van der Waals surface area contributed by atoms with Gasteiger partial charge >= 0.3 is 6.09 Å². The van der Waals surface area contributed by atoms with Crippen molar-refractivity contribution in [3.8, 4) is 0 Å². The van der Waals surface area contributed by atoms with E-state index in [1.54, 1.807) is 11.8 Å². The van der Waals surface area contributed by atoms with Gasteiger partial charge in [0.2, 0.25) is 0 Å². The molecule has 0 bridgehead atoms. The molecule has 1 N–H and O–H groups in total. The van der Waals surface area contributed by atoms with Crippen molar-refractivity contribution < 1.29 is 14.6 Å². The Morgan fingerprint density at radius 2 is 2.00 bits per heavy atom. The van der Waals surface area contributed by atoms with E-state index >= 15 is 0 Å². The number of carbonyl (C=O) groups is 1. The SMILES string of the molecule is C[C@@H](O)C1CCC(C)(C)CN1C(=O)OC(C)(C)C. The zero-order chi connectivity index (χ0) is 14.1. The van der Waals surface area contributed by atoms with Crippen LogP contribution < -0.4 is 0 Å². The minimum Gasteiger partial charge on any atom is -0.444 e. The standard InChI is InChI=1S/C14H27NO3/c1-10(16)11-7-8-14(5,6)9-15(11)12(17)18-13(2,3)4/h10-11,16H,7-9H2,1-6H3/t10-,11?/m1/s1. The molecule has 1 saturated heterocycles. The lowest BCUT2D eigenvalue weighted by Gasteiger charge is -2.44. The molecule has 1 rings (SSSR count). The number of hydrogen-bond acceptors (Lipinski definition) is 3. The van der Waals surface area contributed by atoms with Gasteiger partial charge in [-0.25, -0.2) is 4.79 Å². The summed E-state index contributed by atoms with van der Waals surface area (Å²) in [6, 6.07) is -0.132. The fourth-order valence-corrected chi connectivity index (χ4v) is 2.37. The van der Waals surface area contributed by atoms with Crippen LogP contribution in [0.15, 0.2) is 0 Å². The highest BCUT2D eigenvalue weighted by Gasteiger charge is 2.39. The normalized spacial score (nSPS) is 25.7. The Kier molecular flexibility index (Phi) is 4.31. The second kappa shape index (κ2) is 5.08. The number of likely N-dealkylation sites (tertiary alicyclic amines) is 1. The van der Waals surface area contributed by atoms with Crippen molar-refractivity contribution >= 4 is 6.09 Å². The van der Waals surface area contributed by atoms with Gasteiger partial charge < -0.3 is 14.7 Å². The second-order valence-electron chi connectivity index (χ2n) is 7.12. The molecule has 1 unspecified atom stereocenters. The van der Waals surface area contributed by atoms with Gasteiger partial charge in [0, 0.05) is 6.54 Å². The molecule has 18 heavy (non-hydrogen) atoms. The number of piperidine rings is 1. The Morgan fingerprint density at radius 1 is 1.44 bits per heavy atom. The number of carbonyl (C=O) groups excluding carboxylic acids is 1. The minimum atomic E-state index is -0.520. The van der Waals surface area contributed by atoms with Crippen LogP contribution in [0.3, 0.4) is 0 Å². The van der Waals surface area contributed by atoms with Crippen LogP contribution in [0.1, 0.15) is 54.4 Å². The predicted molar refractivity (Wildman–Crippen MR) is 71.4 cm³/mol. The van der Waals surface area contributed by atoms with Crippen molar-refractivity contribution in [1.82, 2.24) is 4.90 Å². The number of rotatable bonds is 1. The van der Waals surface area contributed by atoms with Gasteiger partial charge in [-0.1, -0.05) is 13.8 Å². The lowest BCUT2D eigenvalue weighted by atomic mass is 9.80. The molecular weight excluding hydrogens is 230 g/mol. The van der Waals surface area contributed by atoms with Crippen LogP contribution in [0.25, 0.3) is 0 Å². The largest absolute Gasteiger partial charge is 0.444 e. The van der Waals surface area contributed by atoms with Gasteiger partial charge in [0.1, 0.15) is 5.60 Å². The Bertz CT molecular complexity index is 305. The monoisotopic (exact) mass is 257 g/mol. The summed E-state index contributed by atoms with van der Waals surface area (Å²) in [5, 5.41) is 9.82. The molecule has 0 aromatic carbocycles. The lowest BCUT2D eigenvalue weighted by molar-refractivity contribution is -0.0332. The molecule has 1 heterocycles. The van der Waals surface area contributed by atoms with Crippen LogP contribution >= 0.6 is 0 Å². The summed E-state index contributed by atoms with van der Waals surface area (Å²) in [5.74, 6) is 0. The average molecular weight is 257 g/mol. The highest BCUT2D eigenvalue weighted by atomic mass is 16.6. The van der Waals surface area contributed by atoms with Crippen molar-refractivity contribution in [2.75, 3.05) is 6.54 Å². The van der Waals surface area contributed by atoms with Crippen LogP contribution in [0.4, 0.5) is 4.79 Å². The van der Waals surface area contributed by atoms with Crippen LogP contribution in [-0.4, -0.2) is 40.4 Å².